The van der Waals surface area contributed by atoms with Crippen LogP contribution >= 0.6 is 0 Å². The number of anilines is 2. The van der Waals surface area contributed by atoms with Gasteiger partial charge in [0.1, 0.15) is 6.54 Å². The fourth-order valence-electron chi connectivity index (χ4n) is 4.57. The van der Waals surface area contributed by atoms with E-state index in [2.05, 4.69) is 4.98 Å². The van der Waals surface area contributed by atoms with Crippen molar-refractivity contribution in [1.82, 2.24) is 4.98 Å². The van der Waals surface area contributed by atoms with E-state index in [9.17, 15) is 19.2 Å². The van der Waals surface area contributed by atoms with Gasteiger partial charge in [-0.3, -0.25) is 29.1 Å². The van der Waals surface area contributed by atoms with Gasteiger partial charge in [-0.2, -0.15) is 0 Å². The van der Waals surface area contributed by atoms with Gasteiger partial charge in [0.05, 0.1) is 6.42 Å². The number of fused-ring (bicyclic) bond motifs is 1. The number of rotatable bonds is 8. The van der Waals surface area contributed by atoms with Crippen LogP contribution in [0.5, 0.6) is 0 Å². The minimum atomic E-state index is -1.07. The fraction of sp³-hybridized carbons (Fsp3) is 0.156. The Balaban J connectivity index is 0.000000193. The predicted octanol–water partition coefficient (Wildman–Crippen LogP) is 3.19. The molecule has 42 heavy (non-hydrogen) atoms. The molecule has 5 rings (SSSR count). The van der Waals surface area contributed by atoms with Crippen molar-refractivity contribution >= 4 is 35.1 Å². The first kappa shape index (κ1) is 29.6. The van der Waals surface area contributed by atoms with Crippen molar-refractivity contribution in [2.45, 2.75) is 19.4 Å². The molecule has 0 fully saturated rings. The van der Waals surface area contributed by atoms with Gasteiger partial charge in [-0.15, -0.1) is 0 Å². The largest absolute Gasteiger partial charge is 0.480 e. The first-order chi connectivity index (χ1) is 20.3. The van der Waals surface area contributed by atoms with Crippen molar-refractivity contribution in [3.63, 3.8) is 0 Å². The van der Waals surface area contributed by atoms with E-state index >= 15 is 0 Å². The maximum atomic E-state index is 12.5. The van der Waals surface area contributed by atoms with E-state index in [1.54, 1.807) is 78.0 Å². The summed E-state index contributed by atoms with van der Waals surface area (Å²) in [5.41, 5.74) is 15.9. The number of aromatic nitrogens is 1. The number of carbonyl (C=O) groups excluding carboxylic acids is 3. The van der Waals surface area contributed by atoms with Gasteiger partial charge in [-0.05, 0) is 65.6 Å². The summed E-state index contributed by atoms with van der Waals surface area (Å²) >= 11 is 0. The summed E-state index contributed by atoms with van der Waals surface area (Å²) in [4.78, 5) is 54.2. The number of amides is 3. The minimum absolute atomic E-state index is 0.00312. The van der Waals surface area contributed by atoms with Crippen molar-refractivity contribution in [2.75, 3.05) is 22.9 Å². The van der Waals surface area contributed by atoms with Gasteiger partial charge in [-0.25, -0.2) is 0 Å². The molecule has 0 bridgehead atoms. The van der Waals surface area contributed by atoms with E-state index in [1.165, 1.54) is 4.90 Å². The number of nitrogens with two attached hydrogens (primary N) is 2. The lowest BCUT2D eigenvalue weighted by atomic mass is 10.1. The molecule has 3 aromatic carbocycles. The van der Waals surface area contributed by atoms with Crippen molar-refractivity contribution < 1.29 is 24.3 Å². The summed E-state index contributed by atoms with van der Waals surface area (Å²) in [5.74, 6) is -1.91. The zero-order valence-corrected chi connectivity index (χ0v) is 22.8. The first-order valence-electron chi connectivity index (χ1n) is 13.3. The quantitative estimate of drug-likeness (QED) is 0.296. The van der Waals surface area contributed by atoms with Crippen LogP contribution in [0, 0.1) is 0 Å². The molecule has 0 unspecified atom stereocenters. The summed E-state index contributed by atoms with van der Waals surface area (Å²) in [6, 6.07) is 24.6. The third-order valence-corrected chi connectivity index (χ3v) is 6.66. The summed E-state index contributed by atoms with van der Waals surface area (Å²) < 4.78 is 0. The molecule has 3 amide bonds. The maximum absolute atomic E-state index is 12.5. The molecular weight excluding hydrogens is 534 g/mol. The van der Waals surface area contributed by atoms with Crippen LogP contribution in [0.15, 0.2) is 97.3 Å². The summed E-state index contributed by atoms with van der Waals surface area (Å²) in [6.07, 6.45) is 4.47. The highest BCUT2D eigenvalue weighted by Gasteiger charge is 2.25. The van der Waals surface area contributed by atoms with E-state index in [-0.39, 0.29) is 11.8 Å². The lowest BCUT2D eigenvalue weighted by molar-refractivity contribution is -0.135. The van der Waals surface area contributed by atoms with Crippen LogP contribution < -0.4 is 21.3 Å². The van der Waals surface area contributed by atoms with E-state index in [0.717, 1.165) is 28.8 Å². The van der Waals surface area contributed by atoms with E-state index in [4.69, 9.17) is 16.6 Å². The van der Waals surface area contributed by atoms with Crippen LogP contribution in [-0.4, -0.2) is 46.9 Å². The molecule has 0 radical (unpaired) electrons. The third kappa shape index (κ3) is 7.43. The Morgan fingerprint density at radius 1 is 0.881 bits per heavy atom. The number of primary amides is 1. The average molecular weight is 566 g/mol. The Labute approximate surface area is 243 Å². The maximum Gasteiger partial charge on any atom is 0.323 e. The molecule has 2 heterocycles. The number of nitrogens with zero attached hydrogens (tertiary/aromatic N) is 3. The van der Waals surface area contributed by atoms with E-state index < -0.39 is 18.4 Å². The van der Waals surface area contributed by atoms with Crippen molar-refractivity contribution in [1.29, 1.82) is 0 Å². The number of carboxylic acids is 1. The fourth-order valence-corrected chi connectivity index (χ4v) is 4.57. The predicted molar refractivity (Wildman–Crippen MR) is 159 cm³/mol. The molecule has 5 N–H and O–H groups in total. The van der Waals surface area contributed by atoms with Gasteiger partial charge in [0.25, 0.3) is 5.91 Å². The van der Waals surface area contributed by atoms with Crippen molar-refractivity contribution in [3.05, 3.63) is 125 Å². The molecule has 10 heteroatoms. The van der Waals surface area contributed by atoms with E-state index in [1.807, 2.05) is 24.3 Å². The summed E-state index contributed by atoms with van der Waals surface area (Å²) in [6.45, 7) is 0.562. The van der Waals surface area contributed by atoms with Crippen LogP contribution in [0.25, 0.3) is 0 Å². The number of carboxylic acid groups (broad SMARTS) is 1. The van der Waals surface area contributed by atoms with Crippen LogP contribution in [0.4, 0.5) is 11.4 Å². The Morgan fingerprint density at radius 2 is 1.64 bits per heavy atom. The molecule has 1 aromatic heterocycles. The second-order valence-electron chi connectivity index (χ2n) is 9.57. The lowest BCUT2D eigenvalue weighted by Crippen LogP contribution is -2.35. The Hall–Kier alpha value is -5.35. The number of hydrogen-bond donors (Lipinski definition) is 3. The number of hydrogen-bond acceptors (Lipinski definition) is 6. The molecule has 0 atom stereocenters. The molecule has 0 spiro atoms. The second kappa shape index (κ2) is 13.8. The number of aliphatic carboxylic acids is 1. The molecule has 214 valence electrons. The molecule has 10 nitrogen and oxygen atoms in total. The standard InChI is InChI=1S/C16H15N3O2.C16H16N2O3/c17-16(21)13-4-3-12-5-7-19(14(12)9-13)15(20)8-11-2-1-6-18-10-11;17-10-12-5-4-8-14(9-12)18(11-15(19)20)16(21)13-6-2-1-3-7-13/h1-4,6,9-10H,5,7-8H2,(H2,17,21);1-9H,10-11,17H2,(H,19,20). The molecular formula is C32H31N5O5. The topological polar surface area (TPSA) is 160 Å². The molecule has 0 saturated heterocycles. The van der Waals surface area contributed by atoms with Gasteiger partial charge in [-0.1, -0.05) is 42.5 Å². The van der Waals surface area contributed by atoms with Crippen LogP contribution in [0.2, 0.25) is 0 Å². The smallest absolute Gasteiger partial charge is 0.323 e. The minimum Gasteiger partial charge on any atom is -0.480 e. The lowest BCUT2D eigenvalue weighted by Gasteiger charge is -2.21. The monoisotopic (exact) mass is 565 g/mol. The summed E-state index contributed by atoms with van der Waals surface area (Å²) in [5, 5.41) is 9.05. The van der Waals surface area contributed by atoms with Crippen molar-refractivity contribution in [2.24, 2.45) is 11.5 Å². The van der Waals surface area contributed by atoms with E-state index in [0.29, 0.717) is 36.3 Å². The Kier molecular flexibility index (Phi) is 9.75. The Morgan fingerprint density at radius 3 is 2.31 bits per heavy atom. The molecule has 0 aliphatic carbocycles. The highest BCUT2D eigenvalue weighted by molar-refractivity contribution is 6.08. The Bertz CT molecular complexity index is 1580. The van der Waals surface area contributed by atoms with Crippen LogP contribution in [0.3, 0.4) is 0 Å². The average Bonchev–Trinajstić information content (AvgIpc) is 3.44. The number of carbonyl (C=O) groups is 4. The first-order valence-corrected chi connectivity index (χ1v) is 13.3. The van der Waals surface area contributed by atoms with Crippen LogP contribution in [0.1, 0.15) is 37.4 Å². The molecule has 0 saturated carbocycles. The van der Waals surface area contributed by atoms with Gasteiger partial charge in [0.15, 0.2) is 0 Å². The third-order valence-electron chi connectivity index (χ3n) is 6.66. The highest BCUT2D eigenvalue weighted by atomic mass is 16.4. The van der Waals surface area contributed by atoms with Crippen molar-refractivity contribution in [3.8, 4) is 0 Å². The van der Waals surface area contributed by atoms with Gasteiger partial charge < -0.3 is 21.5 Å². The van der Waals surface area contributed by atoms with Crippen LogP contribution in [-0.2, 0) is 29.0 Å². The number of benzene rings is 3. The molecule has 1 aliphatic heterocycles. The normalized spacial score (nSPS) is 11.6. The second-order valence-corrected chi connectivity index (χ2v) is 9.57. The highest BCUT2D eigenvalue weighted by Crippen LogP contribution is 2.29. The zero-order valence-electron chi connectivity index (χ0n) is 22.8. The van der Waals surface area contributed by atoms with Gasteiger partial charge >= 0.3 is 5.97 Å². The zero-order chi connectivity index (χ0) is 30.1. The van der Waals surface area contributed by atoms with Gasteiger partial charge in [0, 0.05) is 48.0 Å². The number of pyridine rings is 1. The molecule has 4 aromatic rings. The van der Waals surface area contributed by atoms with Gasteiger partial charge in [0.2, 0.25) is 11.8 Å². The molecule has 1 aliphatic rings. The summed E-state index contributed by atoms with van der Waals surface area (Å²) in [7, 11) is 0. The SMILES string of the molecule is NC(=O)c1ccc2c(c1)N(C(=O)Cc1cccnc1)CC2.NCc1cccc(N(CC(=O)O)C(=O)c2ccccc2)c1.